The Labute approximate surface area is 198 Å². The zero-order valence-electron chi connectivity index (χ0n) is 19.5. The summed E-state index contributed by atoms with van der Waals surface area (Å²) in [4.78, 5) is 13.0. The van der Waals surface area contributed by atoms with Crippen LogP contribution in [-0.2, 0) is 0 Å². The molecular formula is C27H32F3NO3. The molecule has 0 unspecified atom stereocenters. The van der Waals surface area contributed by atoms with Crippen LogP contribution in [0.4, 0.5) is 24.5 Å². The van der Waals surface area contributed by atoms with Crippen molar-refractivity contribution in [1.29, 1.82) is 0 Å². The largest absolute Gasteiger partial charge is 0.573 e. The smallest absolute Gasteiger partial charge is 0.478 e. The number of carboxylic acid groups (broad SMARTS) is 1. The number of alkyl halides is 3. The van der Waals surface area contributed by atoms with Crippen molar-refractivity contribution in [3.05, 3.63) is 53.1 Å². The molecule has 0 spiro atoms. The summed E-state index contributed by atoms with van der Waals surface area (Å²) < 4.78 is 43.7. The number of ether oxygens (including phenoxy) is 1. The molecule has 0 bridgehead atoms. The van der Waals surface area contributed by atoms with Crippen LogP contribution in [0, 0.1) is 0 Å². The summed E-state index contributed by atoms with van der Waals surface area (Å²) in [6.07, 6.45) is 6.89. The summed E-state index contributed by atoms with van der Waals surface area (Å²) in [5.41, 5.74) is 3.24. The fraction of sp³-hybridized carbons (Fsp3) is 0.519. The van der Waals surface area contributed by atoms with Gasteiger partial charge in [0.2, 0.25) is 0 Å². The molecule has 2 aliphatic carbocycles. The first kappa shape index (κ1) is 24.4. The standard InChI is InChI=1S/C27H32F3NO3/c1-31(24-13-12-20(26(32)33)17-25(24)34-27(28,29)30)23-15-21(18-8-4-2-5-9-18)14-22(16-23)19-10-6-3-7-11-19/h12-19H,2-11H2,1H3,(H,32,33). The van der Waals surface area contributed by atoms with Gasteiger partial charge in [-0.2, -0.15) is 0 Å². The van der Waals surface area contributed by atoms with E-state index in [0.29, 0.717) is 11.8 Å². The second-order valence-corrected chi connectivity index (χ2v) is 9.62. The fourth-order valence-electron chi connectivity index (χ4n) is 5.47. The normalized spacial score (nSPS) is 18.0. The molecule has 0 radical (unpaired) electrons. The van der Waals surface area contributed by atoms with Crippen molar-refractivity contribution in [2.24, 2.45) is 0 Å². The highest BCUT2D eigenvalue weighted by Crippen LogP contribution is 2.42. The molecule has 0 aliphatic heterocycles. The molecule has 2 saturated carbocycles. The van der Waals surface area contributed by atoms with Crippen molar-refractivity contribution in [1.82, 2.24) is 0 Å². The SMILES string of the molecule is CN(c1cc(C2CCCCC2)cc(C2CCCCC2)c1)c1ccc(C(=O)O)cc1OC(F)(F)F. The van der Waals surface area contributed by atoms with E-state index in [4.69, 9.17) is 0 Å². The first-order valence-electron chi connectivity index (χ1n) is 12.2. The Bertz CT molecular complexity index is 972. The number of halogens is 3. The Balaban J connectivity index is 1.75. The molecule has 0 heterocycles. The van der Waals surface area contributed by atoms with Crippen molar-refractivity contribution in [3.63, 3.8) is 0 Å². The third-order valence-corrected chi connectivity index (χ3v) is 7.30. The third-order valence-electron chi connectivity index (χ3n) is 7.30. The van der Waals surface area contributed by atoms with Crippen LogP contribution >= 0.6 is 0 Å². The van der Waals surface area contributed by atoms with Crippen molar-refractivity contribution >= 4 is 17.3 Å². The molecule has 0 saturated heterocycles. The van der Waals surface area contributed by atoms with Crippen LogP contribution in [0.25, 0.3) is 0 Å². The number of anilines is 2. The number of hydrogen-bond donors (Lipinski definition) is 1. The Morgan fingerprint density at radius 1 is 0.882 bits per heavy atom. The molecule has 1 N–H and O–H groups in total. The van der Waals surface area contributed by atoms with E-state index < -0.39 is 18.1 Å². The van der Waals surface area contributed by atoms with Gasteiger partial charge in [0.1, 0.15) is 0 Å². The van der Waals surface area contributed by atoms with Crippen molar-refractivity contribution in [2.45, 2.75) is 82.4 Å². The fourth-order valence-corrected chi connectivity index (χ4v) is 5.47. The van der Waals surface area contributed by atoms with E-state index in [-0.39, 0.29) is 11.3 Å². The van der Waals surface area contributed by atoms with Gasteiger partial charge in [-0.05, 0) is 79.0 Å². The Morgan fingerprint density at radius 2 is 1.41 bits per heavy atom. The number of carboxylic acids is 1. The topological polar surface area (TPSA) is 49.8 Å². The van der Waals surface area contributed by atoms with Crippen molar-refractivity contribution in [3.8, 4) is 5.75 Å². The zero-order chi connectivity index (χ0) is 24.3. The van der Waals surface area contributed by atoms with Crippen molar-refractivity contribution < 1.29 is 27.8 Å². The number of aromatic carboxylic acids is 1. The summed E-state index contributed by atoms with van der Waals surface area (Å²) in [6, 6.07) is 10.1. The lowest BCUT2D eigenvalue weighted by atomic mass is 9.79. The molecule has 0 amide bonds. The second kappa shape index (κ2) is 10.3. The van der Waals surface area contributed by atoms with Gasteiger partial charge in [0, 0.05) is 12.7 Å². The molecular weight excluding hydrogens is 443 g/mol. The quantitative estimate of drug-likeness (QED) is 0.458. The summed E-state index contributed by atoms with van der Waals surface area (Å²) in [5.74, 6) is -0.897. The minimum atomic E-state index is -4.93. The maximum Gasteiger partial charge on any atom is 0.573 e. The van der Waals surface area contributed by atoms with Gasteiger partial charge in [-0.25, -0.2) is 4.79 Å². The van der Waals surface area contributed by atoms with E-state index in [1.807, 2.05) is 0 Å². The first-order chi connectivity index (χ1) is 16.2. The maximum atomic E-state index is 13.1. The van der Waals surface area contributed by atoms with Gasteiger partial charge in [-0.3, -0.25) is 0 Å². The van der Waals surface area contributed by atoms with E-state index in [9.17, 15) is 23.1 Å². The molecule has 2 fully saturated rings. The zero-order valence-corrected chi connectivity index (χ0v) is 19.5. The molecule has 4 nitrogen and oxygen atoms in total. The predicted octanol–water partition coefficient (Wildman–Crippen LogP) is 8.15. The van der Waals surface area contributed by atoms with Crippen LogP contribution in [0.1, 0.15) is 97.5 Å². The molecule has 34 heavy (non-hydrogen) atoms. The lowest BCUT2D eigenvalue weighted by Crippen LogP contribution is -2.20. The lowest BCUT2D eigenvalue weighted by Gasteiger charge is -2.29. The molecule has 2 aromatic carbocycles. The van der Waals surface area contributed by atoms with Crippen LogP contribution in [0.3, 0.4) is 0 Å². The summed E-state index contributed by atoms with van der Waals surface area (Å²) in [5, 5.41) is 9.26. The number of nitrogens with zero attached hydrogens (tertiary/aromatic N) is 1. The van der Waals surface area contributed by atoms with Gasteiger partial charge in [0.15, 0.2) is 5.75 Å². The average Bonchev–Trinajstić information content (AvgIpc) is 2.83. The van der Waals surface area contributed by atoms with Crippen molar-refractivity contribution in [2.75, 3.05) is 11.9 Å². The molecule has 7 heteroatoms. The van der Waals surface area contributed by atoms with E-state index in [1.165, 1.54) is 61.8 Å². The molecule has 2 aromatic rings. The highest BCUT2D eigenvalue weighted by molar-refractivity contribution is 5.89. The highest BCUT2D eigenvalue weighted by Gasteiger charge is 2.33. The van der Waals surface area contributed by atoms with E-state index >= 15 is 0 Å². The molecule has 2 aliphatic rings. The summed E-state index contributed by atoms with van der Waals surface area (Å²) >= 11 is 0. The minimum absolute atomic E-state index is 0.178. The third kappa shape index (κ3) is 5.86. The Kier molecular flexibility index (Phi) is 7.39. The van der Waals surface area contributed by atoms with Crippen LogP contribution < -0.4 is 9.64 Å². The van der Waals surface area contributed by atoms with Crippen LogP contribution in [0.5, 0.6) is 5.75 Å². The maximum absolute atomic E-state index is 13.1. The first-order valence-corrected chi connectivity index (χ1v) is 12.2. The Morgan fingerprint density at radius 3 is 1.88 bits per heavy atom. The van der Waals surface area contributed by atoms with Gasteiger partial charge >= 0.3 is 12.3 Å². The van der Waals surface area contributed by atoms with Crippen LogP contribution in [0.2, 0.25) is 0 Å². The summed E-state index contributed by atoms with van der Waals surface area (Å²) in [6.45, 7) is 0. The van der Waals surface area contributed by atoms with E-state index in [1.54, 1.807) is 11.9 Å². The number of rotatable bonds is 6. The molecule has 0 aromatic heterocycles. The van der Waals surface area contributed by atoms with Crippen LogP contribution in [-0.4, -0.2) is 24.5 Å². The lowest BCUT2D eigenvalue weighted by molar-refractivity contribution is -0.274. The van der Waals surface area contributed by atoms with E-state index in [2.05, 4.69) is 22.9 Å². The highest BCUT2D eigenvalue weighted by atomic mass is 19.4. The van der Waals surface area contributed by atoms with Crippen LogP contribution in [0.15, 0.2) is 36.4 Å². The Hall–Kier alpha value is -2.70. The second-order valence-electron chi connectivity index (χ2n) is 9.62. The monoisotopic (exact) mass is 475 g/mol. The number of hydrogen-bond acceptors (Lipinski definition) is 3. The average molecular weight is 476 g/mol. The van der Waals surface area contributed by atoms with Gasteiger partial charge in [0.05, 0.1) is 11.3 Å². The van der Waals surface area contributed by atoms with Gasteiger partial charge < -0.3 is 14.7 Å². The molecule has 0 atom stereocenters. The minimum Gasteiger partial charge on any atom is -0.478 e. The van der Waals surface area contributed by atoms with Gasteiger partial charge in [-0.15, -0.1) is 13.2 Å². The van der Waals surface area contributed by atoms with E-state index in [0.717, 1.165) is 37.4 Å². The van der Waals surface area contributed by atoms with Gasteiger partial charge in [-0.1, -0.05) is 44.6 Å². The number of benzene rings is 2. The predicted molar refractivity (Wildman–Crippen MR) is 126 cm³/mol. The molecule has 4 rings (SSSR count). The molecule has 184 valence electrons. The number of carbonyl (C=O) groups is 1. The summed E-state index contributed by atoms with van der Waals surface area (Å²) in [7, 11) is 1.71. The van der Waals surface area contributed by atoms with Gasteiger partial charge in [0.25, 0.3) is 0 Å².